The molecular weight excluding hydrogens is 292 g/mol. The monoisotopic (exact) mass is 308 g/mol. The van der Waals surface area contributed by atoms with E-state index in [-0.39, 0.29) is 11.9 Å². The van der Waals surface area contributed by atoms with Crippen LogP contribution in [0.3, 0.4) is 0 Å². The molecule has 1 amide bonds. The van der Waals surface area contributed by atoms with Gasteiger partial charge in [0.05, 0.1) is 24.1 Å². The van der Waals surface area contributed by atoms with Gasteiger partial charge in [0.25, 0.3) is 5.91 Å². The van der Waals surface area contributed by atoms with Gasteiger partial charge in [0, 0.05) is 18.7 Å². The first-order valence-electron chi connectivity index (χ1n) is 7.57. The van der Waals surface area contributed by atoms with Crippen LogP contribution < -0.4 is 0 Å². The van der Waals surface area contributed by atoms with Crippen LogP contribution in [0.5, 0.6) is 0 Å². The lowest BCUT2D eigenvalue weighted by molar-refractivity contribution is 0.0780. The van der Waals surface area contributed by atoms with Gasteiger partial charge in [-0.15, -0.1) is 0 Å². The SMILES string of the molecule is O=C(c1cc(-c2ccccc2)n[nH]1)N1CCC(n2nccn2)C1. The van der Waals surface area contributed by atoms with Gasteiger partial charge < -0.3 is 4.90 Å². The summed E-state index contributed by atoms with van der Waals surface area (Å²) in [5.74, 6) is -0.0330. The molecule has 23 heavy (non-hydrogen) atoms. The van der Waals surface area contributed by atoms with Crippen LogP contribution in [0, 0.1) is 0 Å². The fraction of sp³-hybridized carbons (Fsp3) is 0.250. The fourth-order valence-electron chi connectivity index (χ4n) is 2.89. The van der Waals surface area contributed by atoms with Gasteiger partial charge in [-0.2, -0.15) is 20.1 Å². The van der Waals surface area contributed by atoms with E-state index >= 15 is 0 Å². The Kier molecular flexibility index (Phi) is 3.38. The van der Waals surface area contributed by atoms with Crippen molar-refractivity contribution in [1.29, 1.82) is 0 Å². The maximum Gasteiger partial charge on any atom is 0.271 e. The van der Waals surface area contributed by atoms with E-state index in [4.69, 9.17) is 0 Å². The van der Waals surface area contributed by atoms with Gasteiger partial charge in [0.15, 0.2) is 0 Å². The highest BCUT2D eigenvalue weighted by atomic mass is 16.2. The van der Waals surface area contributed by atoms with Crippen LogP contribution >= 0.6 is 0 Å². The minimum Gasteiger partial charge on any atom is -0.335 e. The molecule has 1 fully saturated rings. The van der Waals surface area contributed by atoms with Crippen molar-refractivity contribution in [3.05, 3.63) is 54.5 Å². The second-order valence-corrected chi connectivity index (χ2v) is 5.58. The number of aromatic amines is 1. The number of H-pyrrole nitrogens is 1. The molecule has 1 saturated heterocycles. The number of likely N-dealkylation sites (tertiary alicyclic amines) is 1. The molecule has 0 radical (unpaired) electrons. The lowest BCUT2D eigenvalue weighted by Crippen LogP contribution is -2.29. The van der Waals surface area contributed by atoms with E-state index in [9.17, 15) is 4.79 Å². The highest BCUT2D eigenvalue weighted by Crippen LogP contribution is 2.23. The Bertz CT molecular complexity index is 795. The molecule has 2 aromatic heterocycles. The standard InChI is InChI=1S/C16H16N6O/c23-16(21-9-6-13(11-21)22-17-7-8-18-22)15-10-14(19-20-15)12-4-2-1-3-5-12/h1-5,7-8,10,13H,6,9,11H2,(H,19,20). The maximum absolute atomic E-state index is 12.6. The first-order valence-corrected chi connectivity index (χ1v) is 7.57. The molecule has 0 aliphatic carbocycles. The zero-order chi connectivity index (χ0) is 15.6. The Hall–Kier alpha value is -2.96. The van der Waals surface area contributed by atoms with Crippen LogP contribution in [0.2, 0.25) is 0 Å². The van der Waals surface area contributed by atoms with Crippen molar-refractivity contribution in [3.63, 3.8) is 0 Å². The number of rotatable bonds is 3. The van der Waals surface area contributed by atoms with Crippen LogP contribution in [-0.4, -0.2) is 49.1 Å². The lowest BCUT2D eigenvalue weighted by Gasteiger charge is -2.14. The van der Waals surface area contributed by atoms with E-state index in [1.54, 1.807) is 23.3 Å². The van der Waals surface area contributed by atoms with Crippen molar-refractivity contribution in [2.24, 2.45) is 0 Å². The third-order valence-corrected chi connectivity index (χ3v) is 4.09. The molecule has 3 aromatic rings. The van der Waals surface area contributed by atoms with E-state index in [1.807, 2.05) is 35.2 Å². The summed E-state index contributed by atoms with van der Waals surface area (Å²) in [6, 6.07) is 11.7. The molecule has 1 N–H and O–H groups in total. The molecule has 1 aromatic carbocycles. The molecule has 3 heterocycles. The van der Waals surface area contributed by atoms with Crippen molar-refractivity contribution in [2.75, 3.05) is 13.1 Å². The van der Waals surface area contributed by atoms with Gasteiger partial charge >= 0.3 is 0 Å². The van der Waals surface area contributed by atoms with E-state index in [1.165, 1.54) is 0 Å². The fourth-order valence-corrected chi connectivity index (χ4v) is 2.89. The van der Waals surface area contributed by atoms with E-state index < -0.39 is 0 Å². The lowest BCUT2D eigenvalue weighted by atomic mass is 10.1. The topological polar surface area (TPSA) is 79.7 Å². The first-order chi connectivity index (χ1) is 11.3. The van der Waals surface area contributed by atoms with Crippen molar-refractivity contribution in [1.82, 2.24) is 30.1 Å². The molecule has 116 valence electrons. The van der Waals surface area contributed by atoms with Crippen molar-refractivity contribution in [3.8, 4) is 11.3 Å². The summed E-state index contributed by atoms with van der Waals surface area (Å²) in [7, 11) is 0. The van der Waals surface area contributed by atoms with Gasteiger partial charge in [0.1, 0.15) is 5.69 Å². The molecule has 0 saturated carbocycles. The molecule has 7 heteroatoms. The van der Waals surface area contributed by atoms with Crippen LogP contribution in [-0.2, 0) is 0 Å². The summed E-state index contributed by atoms with van der Waals surface area (Å²) in [4.78, 5) is 16.1. The van der Waals surface area contributed by atoms with E-state index in [0.717, 1.165) is 17.7 Å². The summed E-state index contributed by atoms with van der Waals surface area (Å²) in [6.45, 7) is 1.32. The summed E-state index contributed by atoms with van der Waals surface area (Å²) in [5.41, 5.74) is 2.28. The van der Waals surface area contributed by atoms with Crippen LogP contribution in [0.4, 0.5) is 0 Å². The average molecular weight is 308 g/mol. The van der Waals surface area contributed by atoms with E-state index in [2.05, 4.69) is 20.4 Å². The molecule has 4 rings (SSSR count). The molecular formula is C16H16N6O. The smallest absolute Gasteiger partial charge is 0.271 e. The predicted octanol–water partition coefficient (Wildman–Crippen LogP) is 1.76. The Morgan fingerprint density at radius 2 is 1.96 bits per heavy atom. The quantitative estimate of drug-likeness (QED) is 0.799. The number of hydrogen-bond donors (Lipinski definition) is 1. The molecule has 0 bridgehead atoms. The predicted molar refractivity (Wildman–Crippen MR) is 83.6 cm³/mol. The molecule has 0 spiro atoms. The average Bonchev–Trinajstić information content (AvgIpc) is 3.35. The molecule has 1 atom stereocenters. The zero-order valence-electron chi connectivity index (χ0n) is 12.5. The first kappa shape index (κ1) is 13.7. The molecule has 1 unspecified atom stereocenters. The van der Waals surface area contributed by atoms with Crippen molar-refractivity contribution in [2.45, 2.75) is 12.5 Å². The Balaban J connectivity index is 1.49. The second-order valence-electron chi connectivity index (χ2n) is 5.58. The largest absolute Gasteiger partial charge is 0.335 e. The Morgan fingerprint density at radius 3 is 2.74 bits per heavy atom. The maximum atomic E-state index is 12.6. The normalized spacial score (nSPS) is 17.6. The second kappa shape index (κ2) is 5.68. The minimum atomic E-state index is -0.0330. The number of carbonyl (C=O) groups excluding carboxylic acids is 1. The molecule has 1 aliphatic heterocycles. The highest BCUT2D eigenvalue weighted by Gasteiger charge is 2.29. The van der Waals surface area contributed by atoms with Gasteiger partial charge in [-0.1, -0.05) is 30.3 Å². The van der Waals surface area contributed by atoms with Crippen LogP contribution in [0.15, 0.2) is 48.8 Å². The number of amides is 1. The minimum absolute atomic E-state index is 0.0330. The molecule has 1 aliphatic rings. The third-order valence-electron chi connectivity index (χ3n) is 4.09. The number of hydrogen-bond acceptors (Lipinski definition) is 4. The summed E-state index contributed by atoms with van der Waals surface area (Å²) < 4.78 is 0. The summed E-state index contributed by atoms with van der Waals surface area (Å²) in [6.07, 6.45) is 4.18. The van der Waals surface area contributed by atoms with Crippen molar-refractivity contribution >= 4 is 5.91 Å². The molecule has 7 nitrogen and oxygen atoms in total. The van der Waals surface area contributed by atoms with Crippen LogP contribution in [0.1, 0.15) is 23.0 Å². The number of nitrogens with one attached hydrogen (secondary N) is 1. The third kappa shape index (κ3) is 2.61. The summed E-state index contributed by atoms with van der Waals surface area (Å²) in [5, 5.41) is 15.4. The number of aromatic nitrogens is 5. The zero-order valence-corrected chi connectivity index (χ0v) is 12.5. The van der Waals surface area contributed by atoms with E-state index in [0.29, 0.717) is 18.8 Å². The Labute approximate surface area is 132 Å². The van der Waals surface area contributed by atoms with Crippen LogP contribution in [0.25, 0.3) is 11.3 Å². The van der Waals surface area contributed by atoms with Gasteiger partial charge in [0.2, 0.25) is 0 Å². The summed E-state index contributed by atoms with van der Waals surface area (Å²) >= 11 is 0. The highest BCUT2D eigenvalue weighted by molar-refractivity contribution is 5.93. The van der Waals surface area contributed by atoms with Crippen molar-refractivity contribution < 1.29 is 4.79 Å². The van der Waals surface area contributed by atoms with Gasteiger partial charge in [-0.3, -0.25) is 9.89 Å². The van der Waals surface area contributed by atoms with Gasteiger partial charge in [-0.05, 0) is 12.5 Å². The number of carbonyl (C=O) groups is 1. The number of benzene rings is 1. The Morgan fingerprint density at radius 1 is 1.17 bits per heavy atom. The van der Waals surface area contributed by atoms with Gasteiger partial charge in [-0.25, -0.2) is 0 Å². The number of nitrogens with zero attached hydrogens (tertiary/aromatic N) is 5.